The van der Waals surface area contributed by atoms with Gasteiger partial charge in [-0.25, -0.2) is 4.79 Å². The van der Waals surface area contributed by atoms with Gasteiger partial charge in [0.25, 0.3) is 0 Å². The zero-order valence-electron chi connectivity index (χ0n) is 11.2. The topological polar surface area (TPSA) is 73.9 Å². The fourth-order valence-electron chi connectivity index (χ4n) is 2.23. The minimum Gasteiger partial charge on any atom is -0.378 e. The van der Waals surface area contributed by atoms with Crippen molar-refractivity contribution in [2.45, 2.75) is 6.42 Å². The van der Waals surface area contributed by atoms with Crippen LogP contribution in [0, 0.1) is 0 Å². The highest BCUT2D eigenvalue weighted by molar-refractivity contribution is 5.76. The monoisotopic (exact) mass is 270 g/mol. The molecule has 2 saturated heterocycles. The third kappa shape index (κ3) is 4.36. The van der Waals surface area contributed by atoms with E-state index < -0.39 is 0 Å². The minimum absolute atomic E-state index is 0.00573. The average Bonchev–Trinajstić information content (AvgIpc) is 2.85. The number of carbonyl (C=O) groups excluding carboxylic acids is 2. The quantitative estimate of drug-likeness (QED) is 0.598. The molecule has 0 aromatic carbocycles. The summed E-state index contributed by atoms with van der Waals surface area (Å²) in [6.45, 7) is 6.26. The molecule has 2 N–H and O–H groups in total. The summed E-state index contributed by atoms with van der Waals surface area (Å²) in [5, 5.41) is 5.96. The van der Waals surface area contributed by atoms with Crippen molar-refractivity contribution in [3.05, 3.63) is 0 Å². The maximum absolute atomic E-state index is 11.8. The molecule has 19 heavy (non-hydrogen) atoms. The fraction of sp³-hybridized carbons (Fsp3) is 0.833. The van der Waals surface area contributed by atoms with E-state index in [0.29, 0.717) is 45.8 Å². The predicted octanol–water partition coefficient (Wildman–Crippen LogP) is -1.15. The highest BCUT2D eigenvalue weighted by atomic mass is 16.5. The Morgan fingerprint density at radius 1 is 1.26 bits per heavy atom. The number of hydrogen-bond donors (Lipinski definition) is 2. The first-order valence-corrected chi connectivity index (χ1v) is 6.86. The summed E-state index contributed by atoms with van der Waals surface area (Å²) in [6.07, 6.45) is 0.506. The molecule has 7 nitrogen and oxygen atoms in total. The van der Waals surface area contributed by atoms with Crippen LogP contribution in [0.2, 0.25) is 0 Å². The van der Waals surface area contributed by atoms with E-state index in [2.05, 4.69) is 10.6 Å². The number of nitrogens with one attached hydrogen (secondary N) is 2. The van der Waals surface area contributed by atoms with Crippen molar-refractivity contribution in [3.8, 4) is 0 Å². The lowest BCUT2D eigenvalue weighted by Crippen LogP contribution is -2.42. The van der Waals surface area contributed by atoms with Crippen molar-refractivity contribution in [2.24, 2.45) is 0 Å². The molecule has 108 valence electrons. The first-order chi connectivity index (χ1) is 9.27. The summed E-state index contributed by atoms with van der Waals surface area (Å²) >= 11 is 0. The molecule has 0 spiro atoms. The largest absolute Gasteiger partial charge is 0.378 e. The van der Waals surface area contributed by atoms with E-state index in [1.807, 2.05) is 4.90 Å². The number of morpholine rings is 1. The lowest BCUT2D eigenvalue weighted by Gasteiger charge is -2.26. The van der Waals surface area contributed by atoms with Crippen LogP contribution >= 0.6 is 0 Å². The first-order valence-electron chi connectivity index (χ1n) is 6.86. The molecular formula is C12H22N4O3. The molecule has 2 rings (SSSR count). The summed E-state index contributed by atoms with van der Waals surface area (Å²) < 4.78 is 5.21. The van der Waals surface area contributed by atoms with Crippen LogP contribution in [0.4, 0.5) is 4.79 Å². The van der Waals surface area contributed by atoms with Gasteiger partial charge in [0, 0.05) is 52.2 Å². The van der Waals surface area contributed by atoms with Gasteiger partial charge in [0.05, 0.1) is 13.2 Å². The molecular weight excluding hydrogens is 248 g/mol. The van der Waals surface area contributed by atoms with Gasteiger partial charge >= 0.3 is 6.03 Å². The average molecular weight is 270 g/mol. The Morgan fingerprint density at radius 2 is 2.05 bits per heavy atom. The highest BCUT2D eigenvalue weighted by Gasteiger charge is 2.18. The number of nitrogens with zero attached hydrogens (tertiary/aromatic N) is 2. The molecule has 0 aromatic rings. The van der Waals surface area contributed by atoms with Crippen molar-refractivity contribution in [1.29, 1.82) is 0 Å². The lowest BCUT2D eigenvalue weighted by atomic mass is 10.3. The summed E-state index contributed by atoms with van der Waals surface area (Å²) in [7, 11) is 0. The number of urea groups is 1. The van der Waals surface area contributed by atoms with Crippen LogP contribution in [0.3, 0.4) is 0 Å². The minimum atomic E-state index is 0.00573. The standard InChI is InChI=1S/C12H22N4O3/c17-11(15-7-9-19-10-8-15)1-2-13-3-5-16-6-4-14-12(16)18/h13H,1-10H2,(H,14,18). The predicted molar refractivity (Wildman–Crippen MR) is 69.9 cm³/mol. The molecule has 0 aromatic heterocycles. The Hall–Kier alpha value is -1.34. The molecule has 0 bridgehead atoms. The smallest absolute Gasteiger partial charge is 0.317 e. The zero-order chi connectivity index (χ0) is 13.5. The van der Waals surface area contributed by atoms with E-state index in [-0.39, 0.29) is 11.9 Å². The number of amides is 3. The van der Waals surface area contributed by atoms with E-state index in [1.165, 1.54) is 0 Å². The summed E-state index contributed by atoms with van der Waals surface area (Å²) in [5.41, 5.74) is 0. The maximum atomic E-state index is 11.8. The van der Waals surface area contributed by atoms with E-state index in [1.54, 1.807) is 4.90 Å². The van der Waals surface area contributed by atoms with Crippen LogP contribution < -0.4 is 10.6 Å². The molecule has 3 amide bonds. The number of rotatable bonds is 6. The van der Waals surface area contributed by atoms with Crippen molar-refractivity contribution < 1.29 is 14.3 Å². The van der Waals surface area contributed by atoms with Crippen LogP contribution in [0.5, 0.6) is 0 Å². The van der Waals surface area contributed by atoms with Gasteiger partial charge in [0.15, 0.2) is 0 Å². The number of carbonyl (C=O) groups is 2. The van der Waals surface area contributed by atoms with Gasteiger partial charge in [-0.05, 0) is 0 Å². The van der Waals surface area contributed by atoms with Crippen LogP contribution in [0.1, 0.15) is 6.42 Å². The Kier molecular flexibility index (Phi) is 5.41. The fourth-order valence-corrected chi connectivity index (χ4v) is 2.23. The number of hydrogen-bond acceptors (Lipinski definition) is 4. The first kappa shape index (κ1) is 14.1. The number of ether oxygens (including phenoxy) is 1. The van der Waals surface area contributed by atoms with E-state index in [4.69, 9.17) is 4.74 Å². The summed E-state index contributed by atoms with van der Waals surface area (Å²) in [5.74, 6) is 0.176. The lowest BCUT2D eigenvalue weighted by molar-refractivity contribution is -0.135. The Morgan fingerprint density at radius 3 is 2.74 bits per heavy atom. The van der Waals surface area contributed by atoms with Gasteiger partial charge in [-0.1, -0.05) is 0 Å². The van der Waals surface area contributed by atoms with Gasteiger partial charge in [0.2, 0.25) is 5.91 Å². The molecule has 2 aliphatic heterocycles. The SMILES string of the molecule is O=C(CCNCCN1CCNC1=O)N1CCOCC1. The van der Waals surface area contributed by atoms with Gasteiger partial charge in [-0.3, -0.25) is 4.79 Å². The van der Waals surface area contributed by atoms with Crippen molar-refractivity contribution in [2.75, 3.05) is 59.0 Å². The molecule has 0 unspecified atom stereocenters. The molecule has 7 heteroatoms. The molecule has 0 saturated carbocycles. The molecule has 0 atom stereocenters. The van der Waals surface area contributed by atoms with Crippen molar-refractivity contribution in [3.63, 3.8) is 0 Å². The third-order valence-electron chi connectivity index (χ3n) is 3.38. The Labute approximate surface area is 113 Å². The molecule has 2 fully saturated rings. The van der Waals surface area contributed by atoms with Crippen LogP contribution in [-0.4, -0.2) is 80.8 Å². The maximum Gasteiger partial charge on any atom is 0.317 e. The van der Waals surface area contributed by atoms with Crippen LogP contribution in [0.25, 0.3) is 0 Å². The molecule has 2 heterocycles. The Bertz CT molecular complexity index is 318. The molecule has 0 radical (unpaired) electrons. The Balaban J connectivity index is 1.51. The van der Waals surface area contributed by atoms with E-state index >= 15 is 0 Å². The second-order valence-electron chi connectivity index (χ2n) is 4.71. The summed E-state index contributed by atoms with van der Waals surface area (Å²) in [6, 6.07) is 0.00573. The zero-order valence-corrected chi connectivity index (χ0v) is 11.2. The van der Waals surface area contributed by atoms with Gasteiger partial charge in [-0.15, -0.1) is 0 Å². The van der Waals surface area contributed by atoms with Crippen molar-refractivity contribution in [1.82, 2.24) is 20.4 Å². The third-order valence-corrected chi connectivity index (χ3v) is 3.38. The van der Waals surface area contributed by atoms with Gasteiger partial charge in [-0.2, -0.15) is 0 Å². The summed E-state index contributed by atoms with van der Waals surface area (Å²) in [4.78, 5) is 26.7. The second-order valence-corrected chi connectivity index (χ2v) is 4.71. The van der Waals surface area contributed by atoms with Gasteiger partial charge in [0.1, 0.15) is 0 Å². The van der Waals surface area contributed by atoms with E-state index in [0.717, 1.165) is 19.6 Å². The normalized spacial score (nSPS) is 19.7. The van der Waals surface area contributed by atoms with Crippen molar-refractivity contribution >= 4 is 11.9 Å². The molecule has 0 aliphatic carbocycles. The van der Waals surface area contributed by atoms with Gasteiger partial charge < -0.3 is 25.2 Å². The second kappa shape index (κ2) is 7.30. The van der Waals surface area contributed by atoms with Crippen LogP contribution in [-0.2, 0) is 9.53 Å². The highest BCUT2D eigenvalue weighted by Crippen LogP contribution is 1.99. The van der Waals surface area contributed by atoms with Crippen LogP contribution in [0.15, 0.2) is 0 Å². The molecule has 2 aliphatic rings. The van der Waals surface area contributed by atoms with E-state index in [9.17, 15) is 9.59 Å².